The second-order valence-corrected chi connectivity index (χ2v) is 6.06. The average molecular weight is 362 g/mol. The highest BCUT2D eigenvalue weighted by atomic mass is 16.5. The molecule has 0 unspecified atom stereocenters. The first-order valence-corrected chi connectivity index (χ1v) is 8.62. The van der Waals surface area contributed by atoms with Gasteiger partial charge in [-0.2, -0.15) is 5.26 Å². The molecular formula is C22H22N2O3. The molecule has 0 aliphatic heterocycles. The minimum atomic E-state index is -0.380. The van der Waals surface area contributed by atoms with Gasteiger partial charge in [-0.15, -0.1) is 6.58 Å². The number of rotatable bonds is 8. The lowest BCUT2D eigenvalue weighted by atomic mass is 10.1. The van der Waals surface area contributed by atoms with Gasteiger partial charge in [0.2, 0.25) is 5.91 Å². The van der Waals surface area contributed by atoms with E-state index in [1.54, 1.807) is 35.2 Å². The van der Waals surface area contributed by atoms with E-state index in [2.05, 4.69) is 17.4 Å². The number of benzene rings is 2. The number of amides is 1. The number of methoxy groups -OCH3 is 1. The molecule has 0 fully saturated rings. The number of hydrogen-bond acceptors (Lipinski definition) is 4. The van der Waals surface area contributed by atoms with E-state index in [1.165, 1.54) is 7.11 Å². The topological polar surface area (TPSA) is 70.4 Å². The summed E-state index contributed by atoms with van der Waals surface area (Å²) in [5, 5.41) is 9.01. The van der Waals surface area contributed by atoms with Gasteiger partial charge in [0, 0.05) is 19.5 Å². The van der Waals surface area contributed by atoms with Crippen LogP contribution in [-0.4, -0.2) is 30.4 Å². The van der Waals surface area contributed by atoms with Crippen LogP contribution in [0.15, 0.2) is 61.2 Å². The molecule has 2 aromatic rings. The second kappa shape index (κ2) is 9.93. The van der Waals surface area contributed by atoms with E-state index in [0.29, 0.717) is 37.1 Å². The Labute approximate surface area is 159 Å². The molecule has 0 aliphatic rings. The van der Waals surface area contributed by atoms with Crippen molar-refractivity contribution in [3.05, 3.63) is 83.4 Å². The number of carbonyl (C=O) groups is 2. The van der Waals surface area contributed by atoms with Crippen LogP contribution in [0.3, 0.4) is 0 Å². The molecule has 0 spiro atoms. The number of esters is 1. The lowest BCUT2D eigenvalue weighted by Gasteiger charge is -2.21. The van der Waals surface area contributed by atoms with Gasteiger partial charge in [0.25, 0.3) is 0 Å². The van der Waals surface area contributed by atoms with Gasteiger partial charge < -0.3 is 9.64 Å². The molecule has 0 aromatic heterocycles. The van der Waals surface area contributed by atoms with E-state index in [4.69, 9.17) is 5.26 Å². The smallest absolute Gasteiger partial charge is 0.337 e. The Morgan fingerprint density at radius 3 is 2.56 bits per heavy atom. The van der Waals surface area contributed by atoms with Crippen LogP contribution in [-0.2, 0) is 22.5 Å². The van der Waals surface area contributed by atoms with E-state index < -0.39 is 0 Å². The summed E-state index contributed by atoms with van der Waals surface area (Å²) in [6, 6.07) is 16.4. The van der Waals surface area contributed by atoms with Gasteiger partial charge in [0.05, 0.1) is 24.3 Å². The van der Waals surface area contributed by atoms with Gasteiger partial charge in [-0.3, -0.25) is 4.79 Å². The number of carbonyl (C=O) groups excluding carboxylic acids is 2. The monoisotopic (exact) mass is 362 g/mol. The lowest BCUT2D eigenvalue weighted by Crippen LogP contribution is -2.30. The summed E-state index contributed by atoms with van der Waals surface area (Å²) in [5.74, 6) is -0.372. The molecule has 5 nitrogen and oxygen atoms in total. The molecule has 1 amide bonds. The Balaban J connectivity index is 1.99. The highest BCUT2D eigenvalue weighted by molar-refractivity contribution is 5.89. The molecule has 0 bridgehead atoms. The quantitative estimate of drug-likeness (QED) is 0.532. The van der Waals surface area contributed by atoms with Crippen molar-refractivity contribution in [1.29, 1.82) is 5.26 Å². The van der Waals surface area contributed by atoms with E-state index >= 15 is 0 Å². The number of nitrogens with zero attached hydrogens (tertiary/aromatic N) is 2. The van der Waals surface area contributed by atoms with Crippen molar-refractivity contribution in [2.45, 2.75) is 19.4 Å². The largest absolute Gasteiger partial charge is 0.465 e. The van der Waals surface area contributed by atoms with Gasteiger partial charge >= 0.3 is 5.97 Å². The first kappa shape index (κ1) is 19.9. The Bertz CT molecular complexity index is 851. The average Bonchev–Trinajstić information content (AvgIpc) is 2.71. The summed E-state index contributed by atoms with van der Waals surface area (Å²) in [6.45, 7) is 4.59. The van der Waals surface area contributed by atoms with Crippen molar-refractivity contribution in [3.8, 4) is 6.07 Å². The molecule has 0 heterocycles. The van der Waals surface area contributed by atoms with Gasteiger partial charge in [0.15, 0.2) is 0 Å². The minimum absolute atomic E-state index is 0.00862. The molecule has 2 rings (SSSR count). The van der Waals surface area contributed by atoms with Crippen molar-refractivity contribution >= 4 is 11.9 Å². The molecule has 138 valence electrons. The van der Waals surface area contributed by atoms with Crippen LogP contribution in [0.2, 0.25) is 0 Å². The maximum absolute atomic E-state index is 12.6. The Hall–Kier alpha value is -3.39. The fraction of sp³-hybridized carbons (Fsp3) is 0.227. The standard InChI is InChI=1S/C22H22N2O3/c1-3-13-24(16-19-6-4-5-18(14-19)15-23)21(25)12-9-17-7-10-20(11-8-17)22(26)27-2/h3-8,10-11,14H,1,9,12-13,16H2,2H3. The molecule has 0 radical (unpaired) electrons. The van der Waals surface area contributed by atoms with Gasteiger partial charge in [-0.1, -0.05) is 30.3 Å². The third-order valence-electron chi connectivity index (χ3n) is 4.13. The molecule has 5 heteroatoms. The van der Waals surface area contributed by atoms with Crippen LogP contribution >= 0.6 is 0 Å². The summed E-state index contributed by atoms with van der Waals surface area (Å²) in [7, 11) is 1.34. The van der Waals surface area contributed by atoms with Crippen LogP contribution in [0, 0.1) is 11.3 Å². The summed E-state index contributed by atoms with van der Waals surface area (Å²) in [5.41, 5.74) is 2.94. The van der Waals surface area contributed by atoms with Crippen molar-refractivity contribution < 1.29 is 14.3 Å². The van der Waals surface area contributed by atoms with Crippen molar-refractivity contribution in [1.82, 2.24) is 4.90 Å². The maximum atomic E-state index is 12.6. The zero-order valence-electron chi connectivity index (χ0n) is 15.4. The lowest BCUT2D eigenvalue weighted by molar-refractivity contribution is -0.131. The van der Waals surface area contributed by atoms with Crippen LogP contribution in [0.4, 0.5) is 0 Å². The minimum Gasteiger partial charge on any atom is -0.465 e. The molecule has 27 heavy (non-hydrogen) atoms. The number of nitriles is 1. The first-order valence-electron chi connectivity index (χ1n) is 8.62. The number of aryl methyl sites for hydroxylation is 1. The predicted molar refractivity (Wildman–Crippen MR) is 103 cm³/mol. The summed E-state index contributed by atoms with van der Waals surface area (Å²) < 4.78 is 4.68. The molecular weight excluding hydrogens is 340 g/mol. The van der Waals surface area contributed by atoms with Crippen LogP contribution < -0.4 is 0 Å². The first-order chi connectivity index (χ1) is 13.1. The number of ether oxygens (including phenoxy) is 1. The molecule has 0 saturated heterocycles. The second-order valence-electron chi connectivity index (χ2n) is 6.06. The van der Waals surface area contributed by atoms with Gasteiger partial charge in [-0.05, 0) is 41.8 Å². The Kier molecular flexibility index (Phi) is 7.33. The summed E-state index contributed by atoms with van der Waals surface area (Å²) >= 11 is 0. The summed E-state index contributed by atoms with van der Waals surface area (Å²) in [4.78, 5) is 25.8. The molecule has 0 N–H and O–H groups in total. The van der Waals surface area contributed by atoms with Gasteiger partial charge in [-0.25, -0.2) is 4.79 Å². The van der Waals surface area contributed by atoms with Crippen molar-refractivity contribution in [2.75, 3.05) is 13.7 Å². The third-order valence-corrected chi connectivity index (χ3v) is 4.13. The van der Waals surface area contributed by atoms with Crippen molar-refractivity contribution in [3.63, 3.8) is 0 Å². The normalized spacial score (nSPS) is 9.93. The molecule has 2 aromatic carbocycles. The fourth-order valence-electron chi connectivity index (χ4n) is 2.70. The van der Waals surface area contributed by atoms with E-state index in [0.717, 1.165) is 11.1 Å². The fourth-order valence-corrected chi connectivity index (χ4v) is 2.70. The SMILES string of the molecule is C=CCN(Cc1cccc(C#N)c1)C(=O)CCc1ccc(C(=O)OC)cc1. The number of hydrogen-bond donors (Lipinski definition) is 0. The van der Waals surface area contributed by atoms with E-state index in [1.807, 2.05) is 24.3 Å². The Morgan fingerprint density at radius 2 is 1.93 bits per heavy atom. The highest BCUT2D eigenvalue weighted by Gasteiger charge is 2.13. The Morgan fingerprint density at radius 1 is 1.19 bits per heavy atom. The maximum Gasteiger partial charge on any atom is 0.337 e. The van der Waals surface area contributed by atoms with E-state index in [-0.39, 0.29) is 11.9 Å². The highest BCUT2D eigenvalue weighted by Crippen LogP contribution is 2.12. The van der Waals surface area contributed by atoms with E-state index in [9.17, 15) is 9.59 Å². The zero-order chi connectivity index (χ0) is 19.6. The van der Waals surface area contributed by atoms with Gasteiger partial charge in [0.1, 0.15) is 0 Å². The third kappa shape index (κ3) is 5.82. The van der Waals surface area contributed by atoms with Crippen LogP contribution in [0.25, 0.3) is 0 Å². The van der Waals surface area contributed by atoms with Crippen molar-refractivity contribution in [2.24, 2.45) is 0 Å². The zero-order valence-corrected chi connectivity index (χ0v) is 15.4. The predicted octanol–water partition coefficient (Wildman–Crippen LogP) is 3.49. The van der Waals surface area contributed by atoms with Crippen LogP contribution in [0.1, 0.15) is 33.5 Å². The van der Waals surface area contributed by atoms with Crippen LogP contribution in [0.5, 0.6) is 0 Å². The molecule has 0 atom stereocenters. The molecule has 0 aliphatic carbocycles. The summed E-state index contributed by atoms with van der Waals surface area (Å²) in [6.07, 6.45) is 2.62. The molecule has 0 saturated carbocycles.